The first-order chi connectivity index (χ1) is 12.1. The lowest BCUT2D eigenvalue weighted by atomic mass is 10.2. The minimum Gasteiger partial charge on any atom is -0.452 e. The van der Waals surface area contributed by atoms with Crippen LogP contribution in [0.5, 0.6) is 0 Å². The fourth-order valence-corrected chi connectivity index (χ4v) is 2.45. The van der Waals surface area contributed by atoms with E-state index in [1.807, 2.05) is 0 Å². The predicted molar refractivity (Wildman–Crippen MR) is 88.4 cm³/mol. The lowest BCUT2D eigenvalue weighted by molar-refractivity contribution is -0.119. The van der Waals surface area contributed by atoms with E-state index < -0.39 is 29.8 Å². The van der Waals surface area contributed by atoms with Crippen molar-refractivity contribution >= 4 is 29.3 Å². The zero-order chi connectivity index (χ0) is 19.3. The number of amides is 1. The molecule has 138 valence electrons. The Labute approximate surface area is 150 Å². The molecule has 26 heavy (non-hydrogen) atoms. The Balaban J connectivity index is 1.88. The summed E-state index contributed by atoms with van der Waals surface area (Å²) in [6, 6.07) is 8.78. The fraction of sp³-hybridized carbons (Fsp3) is 0.176. The molecule has 9 heteroatoms. The monoisotopic (exact) mass is 387 g/mol. The molecule has 0 bridgehead atoms. The van der Waals surface area contributed by atoms with Gasteiger partial charge >= 0.3 is 11.5 Å². The van der Waals surface area contributed by atoms with Gasteiger partial charge in [0.25, 0.3) is 5.91 Å². The van der Waals surface area contributed by atoms with Gasteiger partial charge in [-0.25, -0.2) is 9.18 Å². The minimum atomic E-state index is -4.43. The highest BCUT2D eigenvalue weighted by Crippen LogP contribution is 2.36. The van der Waals surface area contributed by atoms with Gasteiger partial charge in [0.05, 0.1) is 11.3 Å². The van der Waals surface area contributed by atoms with Crippen LogP contribution in [0.25, 0.3) is 0 Å². The maximum Gasteiger partial charge on any atom is 0.446 e. The molecule has 0 aliphatic heterocycles. The van der Waals surface area contributed by atoms with Gasteiger partial charge in [-0.2, -0.15) is 13.2 Å². The van der Waals surface area contributed by atoms with E-state index >= 15 is 0 Å². The average molecular weight is 387 g/mol. The summed E-state index contributed by atoms with van der Waals surface area (Å²) in [6.45, 7) is 1.03. The number of carbonyl (C=O) groups excluding carboxylic acids is 2. The summed E-state index contributed by atoms with van der Waals surface area (Å²) in [5, 5.41) is 2.26. The van der Waals surface area contributed by atoms with Crippen LogP contribution in [0.15, 0.2) is 47.4 Å². The highest BCUT2D eigenvalue weighted by Gasteiger charge is 2.29. The highest BCUT2D eigenvalue weighted by molar-refractivity contribution is 8.00. The van der Waals surface area contributed by atoms with Crippen molar-refractivity contribution in [1.82, 2.24) is 0 Å². The first kappa shape index (κ1) is 19.8. The van der Waals surface area contributed by atoms with Crippen LogP contribution in [0.1, 0.15) is 15.9 Å². The van der Waals surface area contributed by atoms with E-state index in [-0.39, 0.29) is 27.9 Å². The van der Waals surface area contributed by atoms with Gasteiger partial charge in [-0.15, -0.1) is 0 Å². The molecule has 0 atom stereocenters. The van der Waals surface area contributed by atoms with Gasteiger partial charge in [0.1, 0.15) is 5.82 Å². The van der Waals surface area contributed by atoms with Crippen molar-refractivity contribution < 1.29 is 31.9 Å². The minimum absolute atomic E-state index is 0.00848. The number of alkyl halides is 3. The zero-order valence-electron chi connectivity index (χ0n) is 13.4. The summed E-state index contributed by atoms with van der Waals surface area (Å²) in [5.41, 5.74) is -3.80. The molecular formula is C17H13F4NO3S. The van der Waals surface area contributed by atoms with Gasteiger partial charge in [0.15, 0.2) is 6.61 Å². The summed E-state index contributed by atoms with van der Waals surface area (Å²) in [7, 11) is 0. The summed E-state index contributed by atoms with van der Waals surface area (Å²) in [5.74, 6) is -2.25. The number of benzene rings is 2. The third kappa shape index (κ3) is 6.07. The van der Waals surface area contributed by atoms with E-state index in [1.54, 1.807) is 13.0 Å². The van der Waals surface area contributed by atoms with Crippen LogP contribution in [0.4, 0.5) is 23.2 Å². The van der Waals surface area contributed by atoms with Gasteiger partial charge in [0.2, 0.25) is 0 Å². The van der Waals surface area contributed by atoms with Crippen LogP contribution in [-0.2, 0) is 9.53 Å². The van der Waals surface area contributed by atoms with Crippen LogP contribution < -0.4 is 5.32 Å². The Bertz CT molecular complexity index is 807. The molecule has 0 aliphatic rings. The van der Waals surface area contributed by atoms with E-state index in [1.165, 1.54) is 12.1 Å². The zero-order valence-corrected chi connectivity index (χ0v) is 14.2. The van der Waals surface area contributed by atoms with Crippen molar-refractivity contribution in [1.29, 1.82) is 0 Å². The van der Waals surface area contributed by atoms with Crippen molar-refractivity contribution in [2.75, 3.05) is 11.9 Å². The Kier molecular flexibility index (Phi) is 6.25. The van der Waals surface area contributed by atoms with Crippen molar-refractivity contribution in [3.05, 3.63) is 59.4 Å². The normalized spacial score (nSPS) is 11.1. The molecule has 0 unspecified atom stereocenters. The maximum atomic E-state index is 13.6. The van der Waals surface area contributed by atoms with E-state index in [0.29, 0.717) is 5.56 Å². The number of rotatable bonds is 5. The van der Waals surface area contributed by atoms with Crippen molar-refractivity contribution in [2.24, 2.45) is 0 Å². The van der Waals surface area contributed by atoms with Gasteiger partial charge in [0, 0.05) is 4.90 Å². The molecule has 0 spiro atoms. The van der Waals surface area contributed by atoms with E-state index in [2.05, 4.69) is 5.32 Å². The Morgan fingerprint density at radius 2 is 1.77 bits per heavy atom. The second kappa shape index (κ2) is 8.22. The Morgan fingerprint density at radius 1 is 1.12 bits per heavy atom. The Morgan fingerprint density at radius 3 is 2.35 bits per heavy atom. The first-order valence-electron chi connectivity index (χ1n) is 7.23. The predicted octanol–water partition coefficient (Wildman–Crippen LogP) is 4.54. The third-order valence-electron chi connectivity index (χ3n) is 3.06. The number of nitrogens with one attached hydrogen (secondary N) is 1. The number of thioether (sulfide) groups is 1. The second-order valence-corrected chi connectivity index (χ2v) is 6.32. The molecule has 0 radical (unpaired) electrons. The number of ether oxygens (including phenoxy) is 1. The maximum absolute atomic E-state index is 13.6. The van der Waals surface area contributed by atoms with Crippen LogP contribution in [0.3, 0.4) is 0 Å². The van der Waals surface area contributed by atoms with E-state index in [0.717, 1.165) is 24.3 Å². The molecule has 0 saturated heterocycles. The summed E-state index contributed by atoms with van der Waals surface area (Å²) in [4.78, 5) is 23.4. The van der Waals surface area contributed by atoms with Crippen LogP contribution >= 0.6 is 11.8 Å². The second-order valence-electron chi connectivity index (χ2n) is 5.18. The summed E-state index contributed by atoms with van der Waals surface area (Å²) in [6.07, 6.45) is 0. The number of hydrogen-bond acceptors (Lipinski definition) is 4. The molecule has 0 aliphatic carbocycles. The van der Waals surface area contributed by atoms with Gasteiger partial charge in [-0.1, -0.05) is 6.07 Å². The molecule has 0 aromatic heterocycles. The standard InChI is InChI=1S/C17H13F4NO3S/c1-10-2-7-14(13(18)8-10)22-15(23)9-25-16(24)11-3-5-12(6-4-11)26-17(19,20)21/h2-8H,9H2,1H3,(H,22,23). The molecule has 0 saturated carbocycles. The molecular weight excluding hydrogens is 374 g/mol. The van der Waals surface area contributed by atoms with Crippen LogP contribution in [0.2, 0.25) is 0 Å². The van der Waals surface area contributed by atoms with Crippen molar-refractivity contribution in [3.63, 3.8) is 0 Å². The average Bonchev–Trinajstić information content (AvgIpc) is 2.54. The van der Waals surface area contributed by atoms with Crippen LogP contribution in [0, 0.1) is 12.7 Å². The highest BCUT2D eigenvalue weighted by atomic mass is 32.2. The Hall–Kier alpha value is -2.55. The van der Waals surface area contributed by atoms with Gasteiger partial charge in [-0.05, 0) is 60.6 Å². The number of anilines is 1. The number of esters is 1. The number of carbonyl (C=O) groups is 2. The molecule has 2 rings (SSSR count). The van der Waals surface area contributed by atoms with Crippen LogP contribution in [-0.4, -0.2) is 24.0 Å². The summed E-state index contributed by atoms with van der Waals surface area (Å²) < 4.78 is 55.1. The third-order valence-corrected chi connectivity index (χ3v) is 3.80. The van der Waals surface area contributed by atoms with Gasteiger partial charge < -0.3 is 10.1 Å². The molecule has 2 aromatic rings. The number of hydrogen-bond donors (Lipinski definition) is 1. The van der Waals surface area contributed by atoms with E-state index in [9.17, 15) is 27.2 Å². The smallest absolute Gasteiger partial charge is 0.446 e. The molecule has 4 nitrogen and oxygen atoms in total. The molecule has 2 aromatic carbocycles. The lowest BCUT2D eigenvalue weighted by Crippen LogP contribution is -2.21. The molecule has 0 fully saturated rings. The fourth-order valence-electron chi connectivity index (χ4n) is 1.91. The SMILES string of the molecule is Cc1ccc(NC(=O)COC(=O)c2ccc(SC(F)(F)F)cc2)c(F)c1. The number of aryl methyl sites for hydroxylation is 1. The lowest BCUT2D eigenvalue weighted by Gasteiger charge is -2.09. The van der Waals surface area contributed by atoms with Crippen molar-refractivity contribution in [3.8, 4) is 0 Å². The first-order valence-corrected chi connectivity index (χ1v) is 8.04. The van der Waals surface area contributed by atoms with Crippen molar-refractivity contribution in [2.45, 2.75) is 17.3 Å². The number of halogens is 4. The topological polar surface area (TPSA) is 55.4 Å². The molecule has 0 heterocycles. The quantitative estimate of drug-likeness (QED) is 0.465. The van der Waals surface area contributed by atoms with E-state index in [4.69, 9.17) is 4.74 Å². The molecule has 1 amide bonds. The van der Waals surface area contributed by atoms with Gasteiger partial charge in [-0.3, -0.25) is 4.79 Å². The molecule has 1 N–H and O–H groups in total. The largest absolute Gasteiger partial charge is 0.452 e. The summed E-state index contributed by atoms with van der Waals surface area (Å²) >= 11 is -0.309.